The van der Waals surface area contributed by atoms with Crippen molar-refractivity contribution in [1.29, 1.82) is 0 Å². The second-order valence-corrected chi connectivity index (χ2v) is 5.35. The largest absolute Gasteiger partial charge is 0.321 e. The highest BCUT2D eigenvalue weighted by Crippen LogP contribution is 2.24. The molecule has 0 saturated heterocycles. The lowest BCUT2D eigenvalue weighted by Gasteiger charge is -2.13. The molecule has 0 bridgehead atoms. The fourth-order valence-corrected chi connectivity index (χ4v) is 2.72. The monoisotopic (exact) mass is 259 g/mol. The Morgan fingerprint density at radius 2 is 2.11 bits per heavy atom. The van der Waals surface area contributed by atoms with Crippen LogP contribution >= 0.6 is 11.3 Å². The first kappa shape index (κ1) is 12.8. The Kier molecular flexibility index (Phi) is 3.82. The van der Waals surface area contributed by atoms with Crippen molar-refractivity contribution in [3.63, 3.8) is 0 Å². The summed E-state index contributed by atoms with van der Waals surface area (Å²) in [4.78, 5) is 12.8. The molecule has 1 amide bonds. The van der Waals surface area contributed by atoms with E-state index < -0.39 is 0 Å². The van der Waals surface area contributed by atoms with Crippen LogP contribution in [0.1, 0.15) is 33.3 Å². The molecule has 3 heteroatoms. The Balaban J connectivity index is 2.31. The van der Waals surface area contributed by atoms with E-state index >= 15 is 0 Å². The zero-order valence-electron chi connectivity index (χ0n) is 10.9. The van der Waals surface area contributed by atoms with Crippen LogP contribution in [0.4, 0.5) is 5.69 Å². The van der Waals surface area contributed by atoms with Gasteiger partial charge in [0.2, 0.25) is 0 Å². The summed E-state index contributed by atoms with van der Waals surface area (Å²) in [6.07, 6.45) is 0.919. The standard InChI is InChI=1S/C15H17NOS/c1-4-12-9-10(2)8-11(3)14(12)16-15(17)13-6-5-7-18-13/h5-9H,4H2,1-3H3,(H,16,17). The summed E-state index contributed by atoms with van der Waals surface area (Å²) in [7, 11) is 0. The van der Waals surface area contributed by atoms with Gasteiger partial charge >= 0.3 is 0 Å². The van der Waals surface area contributed by atoms with E-state index in [0.29, 0.717) is 0 Å². The Bertz CT molecular complexity index is 558. The number of nitrogens with one attached hydrogen (secondary N) is 1. The summed E-state index contributed by atoms with van der Waals surface area (Å²) in [5, 5.41) is 4.95. The number of hydrogen-bond acceptors (Lipinski definition) is 2. The van der Waals surface area contributed by atoms with Crippen LogP contribution in [-0.4, -0.2) is 5.91 Å². The van der Waals surface area contributed by atoms with Gasteiger partial charge in [-0.25, -0.2) is 0 Å². The van der Waals surface area contributed by atoms with E-state index in [1.54, 1.807) is 0 Å². The van der Waals surface area contributed by atoms with Crippen molar-refractivity contribution in [3.05, 3.63) is 51.2 Å². The highest BCUT2D eigenvalue weighted by atomic mass is 32.1. The van der Waals surface area contributed by atoms with Crippen LogP contribution in [-0.2, 0) is 6.42 Å². The van der Waals surface area contributed by atoms with Gasteiger partial charge in [0.05, 0.1) is 4.88 Å². The molecule has 0 radical (unpaired) electrons. The number of benzene rings is 1. The molecule has 94 valence electrons. The number of carbonyl (C=O) groups is 1. The minimum absolute atomic E-state index is 0.0216. The van der Waals surface area contributed by atoms with Crippen LogP contribution in [0.5, 0.6) is 0 Å². The molecule has 0 aliphatic carbocycles. The van der Waals surface area contributed by atoms with Crippen LogP contribution < -0.4 is 5.32 Å². The van der Waals surface area contributed by atoms with Crippen molar-refractivity contribution in [2.24, 2.45) is 0 Å². The fourth-order valence-electron chi connectivity index (χ4n) is 2.10. The Morgan fingerprint density at radius 3 is 2.72 bits per heavy atom. The van der Waals surface area contributed by atoms with Gasteiger partial charge in [0.1, 0.15) is 0 Å². The smallest absolute Gasteiger partial charge is 0.265 e. The fraction of sp³-hybridized carbons (Fsp3) is 0.267. The maximum atomic E-state index is 12.1. The van der Waals surface area contributed by atoms with E-state index in [9.17, 15) is 4.79 Å². The van der Waals surface area contributed by atoms with Crippen LogP contribution in [0.3, 0.4) is 0 Å². The molecule has 1 N–H and O–H groups in total. The van der Waals surface area contributed by atoms with E-state index in [1.807, 2.05) is 24.4 Å². The molecule has 0 aliphatic rings. The Hall–Kier alpha value is -1.61. The Labute approximate surface area is 112 Å². The van der Waals surface area contributed by atoms with Crippen molar-refractivity contribution in [2.45, 2.75) is 27.2 Å². The maximum Gasteiger partial charge on any atom is 0.265 e. The SMILES string of the molecule is CCc1cc(C)cc(C)c1NC(=O)c1cccs1. The first-order chi connectivity index (χ1) is 8.61. The maximum absolute atomic E-state index is 12.1. The summed E-state index contributed by atoms with van der Waals surface area (Å²) in [5.41, 5.74) is 4.51. The van der Waals surface area contributed by atoms with Gasteiger partial charge in [-0.1, -0.05) is 30.7 Å². The first-order valence-corrected chi connectivity index (χ1v) is 6.94. The zero-order valence-corrected chi connectivity index (χ0v) is 11.7. The van der Waals surface area contributed by atoms with Gasteiger partial charge in [-0.3, -0.25) is 4.79 Å². The predicted molar refractivity (Wildman–Crippen MR) is 77.6 cm³/mol. The third kappa shape index (κ3) is 2.62. The second-order valence-electron chi connectivity index (χ2n) is 4.40. The van der Waals surface area contributed by atoms with Crippen molar-refractivity contribution < 1.29 is 4.79 Å². The molecule has 0 fully saturated rings. The van der Waals surface area contributed by atoms with Gasteiger partial charge in [-0.15, -0.1) is 11.3 Å². The molecule has 18 heavy (non-hydrogen) atoms. The minimum Gasteiger partial charge on any atom is -0.321 e. The summed E-state index contributed by atoms with van der Waals surface area (Å²) >= 11 is 1.46. The summed E-state index contributed by atoms with van der Waals surface area (Å²) in [5.74, 6) is -0.0216. The summed E-state index contributed by atoms with van der Waals surface area (Å²) in [6.45, 7) is 6.22. The molecule has 0 aliphatic heterocycles. The van der Waals surface area contributed by atoms with Gasteiger partial charge < -0.3 is 5.32 Å². The number of carbonyl (C=O) groups excluding carboxylic acids is 1. The highest BCUT2D eigenvalue weighted by Gasteiger charge is 2.11. The van der Waals surface area contributed by atoms with E-state index in [4.69, 9.17) is 0 Å². The normalized spacial score (nSPS) is 10.4. The van der Waals surface area contributed by atoms with E-state index in [0.717, 1.165) is 22.5 Å². The number of hydrogen-bond donors (Lipinski definition) is 1. The summed E-state index contributed by atoms with van der Waals surface area (Å²) < 4.78 is 0. The zero-order chi connectivity index (χ0) is 13.1. The lowest BCUT2D eigenvalue weighted by Crippen LogP contribution is -2.13. The molecule has 2 nitrogen and oxygen atoms in total. The van der Waals surface area contributed by atoms with E-state index in [-0.39, 0.29) is 5.91 Å². The van der Waals surface area contributed by atoms with Crippen LogP contribution in [0, 0.1) is 13.8 Å². The number of thiophene rings is 1. The molecule has 0 saturated carbocycles. The van der Waals surface area contributed by atoms with Crippen molar-refractivity contribution >= 4 is 22.9 Å². The minimum atomic E-state index is -0.0216. The molecule has 1 heterocycles. The van der Waals surface area contributed by atoms with Gasteiger partial charge in [0, 0.05) is 5.69 Å². The first-order valence-electron chi connectivity index (χ1n) is 6.06. The predicted octanol–water partition coefficient (Wildman–Crippen LogP) is 4.18. The molecule has 1 aromatic carbocycles. The van der Waals surface area contributed by atoms with E-state index in [1.165, 1.54) is 22.5 Å². The number of rotatable bonds is 3. The highest BCUT2D eigenvalue weighted by molar-refractivity contribution is 7.12. The molecule has 0 unspecified atom stereocenters. The molecular weight excluding hydrogens is 242 g/mol. The lowest BCUT2D eigenvalue weighted by atomic mass is 10.0. The average Bonchev–Trinajstić information content (AvgIpc) is 2.85. The molecule has 0 atom stereocenters. The lowest BCUT2D eigenvalue weighted by molar-refractivity contribution is 0.103. The number of amides is 1. The number of anilines is 1. The van der Waals surface area contributed by atoms with Gasteiger partial charge in [0.15, 0.2) is 0 Å². The van der Waals surface area contributed by atoms with Gasteiger partial charge in [0.25, 0.3) is 5.91 Å². The number of aryl methyl sites for hydroxylation is 3. The van der Waals surface area contributed by atoms with Gasteiger partial charge in [-0.05, 0) is 42.8 Å². The third-order valence-corrected chi connectivity index (χ3v) is 3.79. The Morgan fingerprint density at radius 1 is 1.33 bits per heavy atom. The van der Waals surface area contributed by atoms with Crippen molar-refractivity contribution in [1.82, 2.24) is 0 Å². The molecule has 2 aromatic rings. The quantitative estimate of drug-likeness (QED) is 0.880. The van der Waals surface area contributed by atoms with Crippen LogP contribution in [0.15, 0.2) is 29.6 Å². The second kappa shape index (κ2) is 5.36. The average molecular weight is 259 g/mol. The van der Waals surface area contributed by atoms with Crippen LogP contribution in [0.2, 0.25) is 0 Å². The third-order valence-electron chi connectivity index (χ3n) is 2.93. The van der Waals surface area contributed by atoms with Crippen molar-refractivity contribution in [2.75, 3.05) is 5.32 Å². The van der Waals surface area contributed by atoms with Gasteiger partial charge in [-0.2, -0.15) is 0 Å². The summed E-state index contributed by atoms with van der Waals surface area (Å²) in [6, 6.07) is 7.97. The topological polar surface area (TPSA) is 29.1 Å². The van der Waals surface area contributed by atoms with Crippen LogP contribution in [0.25, 0.3) is 0 Å². The molecule has 1 aromatic heterocycles. The van der Waals surface area contributed by atoms with E-state index in [2.05, 4.69) is 31.3 Å². The van der Waals surface area contributed by atoms with Crippen molar-refractivity contribution in [3.8, 4) is 0 Å². The molecule has 0 spiro atoms. The molecule has 2 rings (SSSR count). The molecular formula is C15H17NOS.